The third kappa shape index (κ3) is 10.6. The second-order valence-corrected chi connectivity index (χ2v) is 6.62. The van der Waals surface area contributed by atoms with Crippen molar-refractivity contribution in [3.05, 3.63) is 29.8 Å². The molecule has 29 heavy (non-hydrogen) atoms. The zero-order valence-corrected chi connectivity index (χ0v) is 16.1. The summed E-state index contributed by atoms with van der Waals surface area (Å²) in [7, 11) is 0. The lowest BCUT2D eigenvalue weighted by atomic mass is 10.2. The van der Waals surface area contributed by atoms with E-state index in [1.54, 1.807) is 20.8 Å². The van der Waals surface area contributed by atoms with Crippen LogP contribution in [0.4, 0.5) is 13.6 Å². The molecule has 0 saturated heterocycles. The maximum atomic E-state index is 12.1. The summed E-state index contributed by atoms with van der Waals surface area (Å²) in [4.78, 5) is 46.5. The molecule has 0 unspecified atom stereocenters. The summed E-state index contributed by atoms with van der Waals surface area (Å²) in [6.07, 6.45) is -0.898. The molecule has 0 radical (unpaired) electrons. The molecule has 0 aliphatic carbocycles. The van der Waals surface area contributed by atoms with Crippen LogP contribution in [0.2, 0.25) is 0 Å². The predicted octanol–water partition coefficient (Wildman–Crippen LogP) is 2.00. The lowest BCUT2D eigenvalue weighted by Crippen LogP contribution is -2.35. The van der Waals surface area contributed by atoms with Crippen molar-refractivity contribution in [1.29, 1.82) is 0 Å². The fourth-order valence-electron chi connectivity index (χ4n) is 1.82. The van der Waals surface area contributed by atoms with Gasteiger partial charge in [0.25, 0.3) is 11.8 Å². The molecule has 0 atom stereocenters. The topological polar surface area (TPSA) is 120 Å². The molecule has 2 N–H and O–H groups in total. The highest BCUT2D eigenvalue weighted by atomic mass is 19.3. The first-order valence-corrected chi connectivity index (χ1v) is 8.48. The molecule has 11 heteroatoms. The van der Waals surface area contributed by atoms with Crippen LogP contribution in [0.5, 0.6) is 5.75 Å². The maximum Gasteiger partial charge on any atom is 0.407 e. The van der Waals surface area contributed by atoms with E-state index >= 15 is 0 Å². The number of benzene rings is 1. The molecule has 0 saturated carbocycles. The second kappa shape index (κ2) is 10.9. The lowest BCUT2D eigenvalue weighted by Gasteiger charge is -2.19. The minimum absolute atomic E-state index is 0.0212. The monoisotopic (exact) mass is 416 g/mol. The molecule has 0 fully saturated rings. The molecule has 0 heterocycles. The van der Waals surface area contributed by atoms with Gasteiger partial charge < -0.3 is 19.5 Å². The summed E-state index contributed by atoms with van der Waals surface area (Å²) in [5, 5.41) is 4.33. The van der Waals surface area contributed by atoms with Crippen molar-refractivity contribution in [3.8, 4) is 5.75 Å². The van der Waals surface area contributed by atoms with Gasteiger partial charge in [-0.2, -0.15) is 8.78 Å². The van der Waals surface area contributed by atoms with Crippen LogP contribution in [0, 0.1) is 0 Å². The molecular weight excluding hydrogens is 394 g/mol. The molecule has 3 amide bonds. The van der Waals surface area contributed by atoms with Gasteiger partial charge in [0.05, 0.1) is 6.42 Å². The van der Waals surface area contributed by atoms with Gasteiger partial charge in [0.1, 0.15) is 11.4 Å². The molecule has 0 aliphatic heterocycles. The van der Waals surface area contributed by atoms with Gasteiger partial charge in [-0.15, -0.1) is 0 Å². The first-order chi connectivity index (χ1) is 13.5. The molecule has 0 aliphatic rings. The van der Waals surface area contributed by atoms with Crippen LogP contribution in [0.25, 0.3) is 0 Å². The standard InChI is InChI=1S/C18H22F2N2O7/c1-18(2,3)29-17(26)21-9-8-14(24)27-10-13(23)22-15(25)11-4-6-12(7-5-11)28-16(19)20/h4-7,16H,8-10H2,1-3H3,(H,21,26)(H,22,23,25). The van der Waals surface area contributed by atoms with Crippen LogP contribution in [0.15, 0.2) is 24.3 Å². The summed E-state index contributed by atoms with van der Waals surface area (Å²) >= 11 is 0. The van der Waals surface area contributed by atoms with E-state index in [-0.39, 0.29) is 24.3 Å². The zero-order chi connectivity index (χ0) is 22.0. The van der Waals surface area contributed by atoms with Crippen LogP contribution in [-0.2, 0) is 19.1 Å². The molecule has 9 nitrogen and oxygen atoms in total. The van der Waals surface area contributed by atoms with Crippen molar-refractivity contribution in [2.24, 2.45) is 0 Å². The van der Waals surface area contributed by atoms with Crippen LogP contribution in [-0.4, -0.2) is 49.2 Å². The Morgan fingerprint density at radius 1 is 1.07 bits per heavy atom. The van der Waals surface area contributed by atoms with E-state index in [4.69, 9.17) is 4.74 Å². The number of carbonyl (C=O) groups excluding carboxylic acids is 4. The number of alkyl halides is 2. The number of carbonyl (C=O) groups is 4. The van der Waals surface area contributed by atoms with Gasteiger partial charge in [0.2, 0.25) is 0 Å². The van der Waals surface area contributed by atoms with Crippen LogP contribution >= 0.6 is 0 Å². The molecule has 160 valence electrons. The summed E-state index contributed by atoms with van der Waals surface area (Å²) < 4.78 is 37.9. The average Bonchev–Trinajstić information content (AvgIpc) is 2.58. The summed E-state index contributed by atoms with van der Waals surface area (Å²) in [6.45, 7) is 1.31. The molecular formula is C18H22F2N2O7. The van der Waals surface area contributed by atoms with Gasteiger partial charge in [0, 0.05) is 12.1 Å². The van der Waals surface area contributed by atoms with E-state index in [1.807, 2.05) is 5.32 Å². The van der Waals surface area contributed by atoms with Gasteiger partial charge in [-0.3, -0.25) is 19.7 Å². The van der Waals surface area contributed by atoms with Gasteiger partial charge >= 0.3 is 18.7 Å². The van der Waals surface area contributed by atoms with Crippen molar-refractivity contribution in [2.45, 2.75) is 39.4 Å². The lowest BCUT2D eigenvalue weighted by molar-refractivity contribution is -0.148. The number of nitrogens with one attached hydrogen (secondary N) is 2. The predicted molar refractivity (Wildman–Crippen MR) is 95.4 cm³/mol. The number of hydrogen-bond acceptors (Lipinski definition) is 7. The Labute approximate surface area is 165 Å². The quantitative estimate of drug-likeness (QED) is 0.622. The minimum Gasteiger partial charge on any atom is -0.456 e. The van der Waals surface area contributed by atoms with E-state index in [9.17, 15) is 28.0 Å². The Bertz CT molecular complexity index is 731. The van der Waals surface area contributed by atoms with Crippen LogP contribution < -0.4 is 15.4 Å². The Kier molecular flexibility index (Phi) is 8.97. The van der Waals surface area contributed by atoms with E-state index in [2.05, 4.69) is 14.8 Å². The first-order valence-electron chi connectivity index (χ1n) is 8.48. The highest BCUT2D eigenvalue weighted by molar-refractivity contribution is 6.05. The van der Waals surface area contributed by atoms with Gasteiger partial charge in [-0.25, -0.2) is 4.79 Å². The zero-order valence-electron chi connectivity index (χ0n) is 16.1. The fourth-order valence-corrected chi connectivity index (χ4v) is 1.82. The van der Waals surface area contributed by atoms with Crippen LogP contribution in [0.1, 0.15) is 37.6 Å². The number of ether oxygens (including phenoxy) is 3. The summed E-state index contributed by atoms with van der Waals surface area (Å²) in [5.41, 5.74) is -0.654. The fraction of sp³-hybridized carbons (Fsp3) is 0.444. The Hall–Kier alpha value is -3.24. The Morgan fingerprint density at radius 3 is 2.24 bits per heavy atom. The van der Waals surface area contributed by atoms with Gasteiger partial charge in [-0.1, -0.05) is 0 Å². The maximum absolute atomic E-state index is 12.1. The molecule has 1 rings (SSSR count). The van der Waals surface area contributed by atoms with E-state index < -0.39 is 42.7 Å². The van der Waals surface area contributed by atoms with Gasteiger partial charge in [0.15, 0.2) is 6.61 Å². The highest BCUT2D eigenvalue weighted by Gasteiger charge is 2.17. The first kappa shape index (κ1) is 23.8. The van der Waals surface area contributed by atoms with Crippen molar-refractivity contribution >= 4 is 23.9 Å². The van der Waals surface area contributed by atoms with Gasteiger partial charge in [-0.05, 0) is 45.0 Å². The highest BCUT2D eigenvalue weighted by Crippen LogP contribution is 2.14. The third-order valence-corrected chi connectivity index (χ3v) is 2.96. The van der Waals surface area contributed by atoms with E-state index in [0.717, 1.165) is 12.1 Å². The van der Waals surface area contributed by atoms with Crippen LogP contribution in [0.3, 0.4) is 0 Å². The van der Waals surface area contributed by atoms with E-state index in [0.29, 0.717) is 0 Å². The number of amides is 3. The SMILES string of the molecule is CC(C)(C)OC(=O)NCCC(=O)OCC(=O)NC(=O)c1ccc(OC(F)F)cc1. The number of imide groups is 1. The normalized spacial score (nSPS) is 10.8. The minimum atomic E-state index is -3.00. The van der Waals surface area contributed by atoms with Crippen molar-refractivity contribution in [1.82, 2.24) is 10.6 Å². The number of halogens is 2. The Morgan fingerprint density at radius 2 is 1.69 bits per heavy atom. The van der Waals surface area contributed by atoms with Crippen molar-refractivity contribution in [2.75, 3.05) is 13.2 Å². The molecule has 0 spiro atoms. The van der Waals surface area contributed by atoms with E-state index in [1.165, 1.54) is 12.1 Å². The number of rotatable bonds is 8. The second-order valence-electron chi connectivity index (χ2n) is 6.62. The summed E-state index contributed by atoms with van der Waals surface area (Å²) in [6, 6.07) is 4.66. The summed E-state index contributed by atoms with van der Waals surface area (Å²) in [5.74, 6) is -2.59. The average molecular weight is 416 g/mol. The van der Waals surface area contributed by atoms with Crippen molar-refractivity contribution in [3.63, 3.8) is 0 Å². The molecule has 1 aromatic carbocycles. The number of alkyl carbamates (subject to hydrolysis) is 1. The number of esters is 1. The molecule has 1 aromatic rings. The van der Waals surface area contributed by atoms with Crippen molar-refractivity contribution < 1.29 is 42.2 Å². The smallest absolute Gasteiger partial charge is 0.407 e. The number of hydrogen-bond donors (Lipinski definition) is 2. The Balaban J connectivity index is 2.31. The molecule has 0 bridgehead atoms. The molecule has 0 aromatic heterocycles. The third-order valence-electron chi connectivity index (χ3n) is 2.96. The largest absolute Gasteiger partial charge is 0.456 e.